The van der Waals surface area contributed by atoms with Gasteiger partial charge in [-0.3, -0.25) is 0 Å². The second-order valence-corrected chi connectivity index (χ2v) is 6.00. The van der Waals surface area contributed by atoms with E-state index in [0.29, 0.717) is 0 Å². The number of hydrogen-bond acceptors (Lipinski definition) is 0. The van der Waals surface area contributed by atoms with Gasteiger partial charge >= 0.3 is 0 Å². The van der Waals surface area contributed by atoms with Crippen LogP contribution in [0, 0.1) is 0 Å². The summed E-state index contributed by atoms with van der Waals surface area (Å²) < 4.78 is 0. The second-order valence-electron chi connectivity index (χ2n) is 4.65. The van der Waals surface area contributed by atoms with E-state index in [-0.39, 0.29) is 4.83 Å². The Bertz CT molecular complexity index is 563. The average Bonchev–Trinajstić information content (AvgIpc) is 2.45. The van der Waals surface area contributed by atoms with E-state index in [1.165, 1.54) is 22.3 Å². The van der Waals surface area contributed by atoms with E-state index < -0.39 is 0 Å². The molecule has 0 radical (unpaired) electrons. The summed E-state index contributed by atoms with van der Waals surface area (Å²) in [5.41, 5.74) is 5.36. The molecule has 0 aliphatic rings. The van der Waals surface area contributed by atoms with Gasteiger partial charge in [0.1, 0.15) is 0 Å². The van der Waals surface area contributed by atoms with Gasteiger partial charge in [-0.25, -0.2) is 0 Å². The van der Waals surface area contributed by atoms with Crippen molar-refractivity contribution in [3.05, 3.63) is 69.7 Å². The molecule has 0 nitrogen and oxygen atoms in total. The highest BCUT2D eigenvalue weighted by Crippen LogP contribution is 2.33. The maximum Gasteiger partial charge on any atom is 0.0645 e. The van der Waals surface area contributed by atoms with Gasteiger partial charge in [0.05, 0.1) is 4.83 Å². The lowest BCUT2D eigenvalue weighted by atomic mass is 9.97. The van der Waals surface area contributed by atoms with E-state index in [2.05, 4.69) is 54.0 Å². The van der Waals surface area contributed by atoms with Crippen molar-refractivity contribution in [2.24, 2.45) is 0 Å². The highest BCUT2D eigenvalue weighted by molar-refractivity contribution is 9.09. The minimum Gasteiger partial charge on any atom is -0.0843 e. The Morgan fingerprint density at radius 1 is 0.947 bits per heavy atom. The second kappa shape index (κ2) is 6.58. The molecule has 1 unspecified atom stereocenters. The standard InChI is InChI=1S/C17H18BrCl/c1-3-12-8-9-15(10-13(12)4-2)17(18)14-6-5-7-16(19)11-14/h5-11,17H,3-4H2,1-2H3. The quantitative estimate of drug-likeness (QED) is 0.605. The minimum atomic E-state index is 0.197. The molecular weight excluding hydrogens is 320 g/mol. The van der Waals surface area contributed by atoms with Crippen LogP contribution >= 0.6 is 27.5 Å². The SMILES string of the molecule is CCc1ccc(C(Br)c2cccc(Cl)c2)cc1CC. The van der Waals surface area contributed by atoms with Gasteiger partial charge in [-0.1, -0.05) is 71.7 Å². The summed E-state index contributed by atoms with van der Waals surface area (Å²) in [5, 5.41) is 0.780. The van der Waals surface area contributed by atoms with Crippen LogP contribution in [0.4, 0.5) is 0 Å². The number of benzene rings is 2. The van der Waals surface area contributed by atoms with Crippen molar-refractivity contribution < 1.29 is 0 Å². The van der Waals surface area contributed by atoms with Crippen LogP contribution in [0.5, 0.6) is 0 Å². The normalized spacial score (nSPS) is 12.4. The molecule has 1 atom stereocenters. The van der Waals surface area contributed by atoms with Crippen molar-refractivity contribution in [1.29, 1.82) is 0 Å². The molecular formula is C17H18BrCl. The third-order valence-corrected chi connectivity index (χ3v) is 4.72. The summed E-state index contributed by atoms with van der Waals surface area (Å²) in [6.45, 7) is 4.41. The zero-order chi connectivity index (χ0) is 13.8. The molecule has 2 rings (SSSR count). The fourth-order valence-electron chi connectivity index (χ4n) is 2.33. The van der Waals surface area contributed by atoms with Crippen molar-refractivity contribution in [1.82, 2.24) is 0 Å². The fraction of sp³-hybridized carbons (Fsp3) is 0.294. The summed E-state index contributed by atoms with van der Waals surface area (Å²) in [6.07, 6.45) is 2.17. The molecule has 2 aromatic carbocycles. The van der Waals surface area contributed by atoms with Crippen LogP contribution in [0.2, 0.25) is 5.02 Å². The molecule has 19 heavy (non-hydrogen) atoms. The van der Waals surface area contributed by atoms with Crippen molar-refractivity contribution >= 4 is 27.5 Å². The predicted octanol–water partition coefficient (Wildman–Crippen LogP) is 5.95. The Balaban J connectivity index is 2.36. The topological polar surface area (TPSA) is 0 Å². The van der Waals surface area contributed by atoms with Crippen LogP contribution in [0.3, 0.4) is 0 Å². The summed E-state index contributed by atoms with van der Waals surface area (Å²) in [7, 11) is 0. The van der Waals surface area contributed by atoms with Crippen LogP contribution in [-0.4, -0.2) is 0 Å². The molecule has 2 heteroatoms. The average molecular weight is 338 g/mol. The molecule has 0 spiro atoms. The number of aryl methyl sites for hydroxylation is 2. The molecule has 0 heterocycles. The molecule has 2 aromatic rings. The Morgan fingerprint density at radius 2 is 1.63 bits per heavy atom. The van der Waals surface area contributed by atoms with Crippen LogP contribution in [-0.2, 0) is 12.8 Å². The molecule has 0 aliphatic carbocycles. The van der Waals surface area contributed by atoms with Crippen LogP contribution in [0.1, 0.15) is 40.9 Å². The first kappa shape index (κ1) is 14.6. The molecule has 0 saturated carbocycles. The first-order valence-electron chi connectivity index (χ1n) is 6.67. The van der Waals surface area contributed by atoms with E-state index >= 15 is 0 Å². The minimum absolute atomic E-state index is 0.197. The predicted molar refractivity (Wildman–Crippen MR) is 87.4 cm³/mol. The van der Waals surface area contributed by atoms with Crippen molar-refractivity contribution in [2.75, 3.05) is 0 Å². The Morgan fingerprint density at radius 3 is 2.26 bits per heavy atom. The summed E-state index contributed by atoms with van der Waals surface area (Å²) in [4.78, 5) is 0.197. The van der Waals surface area contributed by atoms with Crippen LogP contribution < -0.4 is 0 Å². The van der Waals surface area contributed by atoms with Gasteiger partial charge in [-0.15, -0.1) is 0 Å². The zero-order valence-electron chi connectivity index (χ0n) is 11.3. The molecule has 0 aromatic heterocycles. The third kappa shape index (κ3) is 3.40. The lowest BCUT2D eigenvalue weighted by molar-refractivity contribution is 1.02. The van der Waals surface area contributed by atoms with Crippen molar-refractivity contribution in [3.8, 4) is 0 Å². The molecule has 0 fully saturated rings. The molecule has 0 N–H and O–H groups in total. The summed E-state index contributed by atoms with van der Waals surface area (Å²) in [6, 6.07) is 14.8. The number of halogens is 2. The van der Waals surface area contributed by atoms with Gasteiger partial charge in [-0.2, -0.15) is 0 Å². The highest BCUT2D eigenvalue weighted by atomic mass is 79.9. The van der Waals surface area contributed by atoms with E-state index in [1.807, 2.05) is 18.2 Å². The van der Waals surface area contributed by atoms with E-state index in [4.69, 9.17) is 11.6 Å². The highest BCUT2D eigenvalue weighted by Gasteiger charge is 2.12. The fourth-order valence-corrected chi connectivity index (χ4v) is 3.10. The van der Waals surface area contributed by atoms with Gasteiger partial charge < -0.3 is 0 Å². The molecule has 100 valence electrons. The van der Waals surface area contributed by atoms with Crippen LogP contribution in [0.15, 0.2) is 42.5 Å². The van der Waals surface area contributed by atoms with Crippen molar-refractivity contribution in [2.45, 2.75) is 31.5 Å². The smallest absolute Gasteiger partial charge is 0.0645 e. The first-order valence-corrected chi connectivity index (χ1v) is 7.96. The maximum absolute atomic E-state index is 6.06. The van der Waals surface area contributed by atoms with Gasteiger partial charge in [0.2, 0.25) is 0 Å². The van der Waals surface area contributed by atoms with Gasteiger partial charge in [-0.05, 0) is 47.2 Å². The van der Waals surface area contributed by atoms with E-state index in [9.17, 15) is 0 Å². The lowest BCUT2D eigenvalue weighted by Crippen LogP contribution is -1.97. The summed E-state index contributed by atoms with van der Waals surface area (Å²) in [5.74, 6) is 0. The maximum atomic E-state index is 6.06. The zero-order valence-corrected chi connectivity index (χ0v) is 13.6. The van der Waals surface area contributed by atoms with Gasteiger partial charge in [0.25, 0.3) is 0 Å². The molecule has 0 aliphatic heterocycles. The van der Waals surface area contributed by atoms with E-state index in [1.54, 1.807) is 0 Å². The largest absolute Gasteiger partial charge is 0.0843 e. The first-order chi connectivity index (χ1) is 9.15. The third-order valence-electron chi connectivity index (χ3n) is 3.43. The Kier molecular flexibility index (Phi) is 5.06. The summed E-state index contributed by atoms with van der Waals surface area (Å²) >= 11 is 9.84. The lowest BCUT2D eigenvalue weighted by Gasteiger charge is -2.14. The number of rotatable bonds is 4. The molecule has 0 bridgehead atoms. The number of hydrogen-bond donors (Lipinski definition) is 0. The van der Waals surface area contributed by atoms with Crippen molar-refractivity contribution in [3.63, 3.8) is 0 Å². The molecule has 0 amide bonds. The van der Waals surface area contributed by atoms with Gasteiger partial charge in [0, 0.05) is 5.02 Å². The van der Waals surface area contributed by atoms with Gasteiger partial charge in [0.15, 0.2) is 0 Å². The molecule has 0 saturated heterocycles. The van der Waals surface area contributed by atoms with E-state index in [0.717, 1.165) is 17.9 Å². The van der Waals surface area contributed by atoms with Crippen LogP contribution in [0.25, 0.3) is 0 Å². The Labute approximate surface area is 128 Å². The Hall–Kier alpha value is -0.790. The number of alkyl halides is 1. The monoisotopic (exact) mass is 336 g/mol.